The molecule has 7 heteroatoms. The predicted octanol–water partition coefficient (Wildman–Crippen LogP) is 1.32. The van der Waals surface area contributed by atoms with E-state index in [9.17, 15) is 0 Å². The first kappa shape index (κ1) is 13.9. The molecule has 0 spiro atoms. The highest BCUT2D eigenvalue weighted by atomic mass is 32.2. The Bertz CT molecular complexity index is 349. The summed E-state index contributed by atoms with van der Waals surface area (Å²) in [5.74, 6) is 7.01. The van der Waals surface area contributed by atoms with Gasteiger partial charge in [-0.05, 0) is 12.7 Å². The molecule has 0 fully saturated rings. The normalized spacial score (nSPS) is 12.0. The van der Waals surface area contributed by atoms with Crippen LogP contribution < -0.4 is 21.3 Å². The molecule has 4 N–H and O–H groups in total. The van der Waals surface area contributed by atoms with Crippen molar-refractivity contribution in [2.75, 3.05) is 30.7 Å². The van der Waals surface area contributed by atoms with Gasteiger partial charge >= 0.3 is 0 Å². The average molecular weight is 257 g/mol. The van der Waals surface area contributed by atoms with E-state index in [0.29, 0.717) is 22.6 Å². The van der Waals surface area contributed by atoms with Gasteiger partial charge in [0.15, 0.2) is 11.6 Å². The SMILES string of the molecule is COc1c(NN)ncnc1NCCC(C)SC. The summed E-state index contributed by atoms with van der Waals surface area (Å²) in [6.45, 7) is 3.02. The van der Waals surface area contributed by atoms with Crippen LogP contribution in [-0.2, 0) is 0 Å². The molecule has 1 aromatic heterocycles. The second-order valence-electron chi connectivity index (χ2n) is 3.51. The molecule has 1 unspecified atom stereocenters. The van der Waals surface area contributed by atoms with E-state index >= 15 is 0 Å². The summed E-state index contributed by atoms with van der Waals surface area (Å²) in [5, 5.41) is 3.83. The highest BCUT2D eigenvalue weighted by molar-refractivity contribution is 7.99. The maximum atomic E-state index is 5.34. The fraction of sp³-hybridized carbons (Fsp3) is 0.600. The molecule has 0 radical (unpaired) electrons. The molecule has 17 heavy (non-hydrogen) atoms. The third-order valence-corrected chi connectivity index (χ3v) is 3.43. The fourth-order valence-corrected chi connectivity index (χ4v) is 1.66. The van der Waals surface area contributed by atoms with Gasteiger partial charge in [0.2, 0.25) is 5.75 Å². The molecule has 0 aliphatic rings. The van der Waals surface area contributed by atoms with Gasteiger partial charge < -0.3 is 15.5 Å². The topological polar surface area (TPSA) is 85.1 Å². The number of hydrogen-bond acceptors (Lipinski definition) is 7. The molecule has 1 rings (SSSR count). The Morgan fingerprint density at radius 2 is 2.18 bits per heavy atom. The summed E-state index contributed by atoms with van der Waals surface area (Å²) in [6, 6.07) is 0. The van der Waals surface area contributed by atoms with Crippen LogP contribution in [0.4, 0.5) is 11.6 Å². The average Bonchev–Trinajstić information content (AvgIpc) is 2.37. The Kier molecular flexibility index (Phi) is 5.85. The third kappa shape index (κ3) is 3.94. The van der Waals surface area contributed by atoms with Gasteiger partial charge in [-0.25, -0.2) is 15.8 Å². The van der Waals surface area contributed by atoms with Crippen LogP contribution in [0.15, 0.2) is 6.33 Å². The minimum absolute atomic E-state index is 0.475. The number of nitrogens with zero attached hydrogens (tertiary/aromatic N) is 2. The molecule has 0 bridgehead atoms. The largest absolute Gasteiger partial charge is 0.490 e. The molecule has 6 nitrogen and oxygen atoms in total. The summed E-state index contributed by atoms with van der Waals surface area (Å²) in [6.07, 6.45) is 4.60. The quantitative estimate of drug-likeness (QED) is 0.502. The molecule has 0 aliphatic carbocycles. The van der Waals surface area contributed by atoms with Crippen LogP contribution in [0.25, 0.3) is 0 Å². The van der Waals surface area contributed by atoms with Crippen LogP contribution in [0.2, 0.25) is 0 Å². The predicted molar refractivity (Wildman–Crippen MR) is 72.5 cm³/mol. The molecule has 0 saturated carbocycles. The lowest BCUT2D eigenvalue weighted by Crippen LogP contribution is -2.14. The minimum atomic E-state index is 0.475. The molecule has 0 saturated heterocycles. The Hall–Kier alpha value is -1.21. The maximum Gasteiger partial charge on any atom is 0.205 e. The number of methoxy groups -OCH3 is 1. The number of nitrogens with two attached hydrogens (primary N) is 1. The van der Waals surface area contributed by atoms with Crippen molar-refractivity contribution in [3.63, 3.8) is 0 Å². The van der Waals surface area contributed by atoms with Crippen molar-refractivity contribution in [3.05, 3.63) is 6.33 Å². The zero-order chi connectivity index (χ0) is 12.7. The van der Waals surface area contributed by atoms with Crippen molar-refractivity contribution in [3.8, 4) is 5.75 Å². The summed E-state index contributed by atoms with van der Waals surface area (Å²) >= 11 is 1.84. The summed E-state index contributed by atoms with van der Waals surface area (Å²) in [4.78, 5) is 8.10. The van der Waals surface area contributed by atoms with E-state index in [-0.39, 0.29) is 0 Å². The number of nitrogens with one attached hydrogen (secondary N) is 2. The van der Waals surface area contributed by atoms with Crippen LogP contribution in [0.5, 0.6) is 5.75 Å². The molecule has 0 aromatic carbocycles. The number of rotatable bonds is 7. The van der Waals surface area contributed by atoms with Crippen LogP contribution in [0, 0.1) is 0 Å². The number of ether oxygens (including phenoxy) is 1. The Balaban J connectivity index is 2.64. The number of anilines is 2. The molecular weight excluding hydrogens is 238 g/mol. The van der Waals surface area contributed by atoms with E-state index < -0.39 is 0 Å². The first-order valence-electron chi connectivity index (χ1n) is 5.35. The molecule has 0 aliphatic heterocycles. The van der Waals surface area contributed by atoms with E-state index in [1.165, 1.54) is 6.33 Å². The van der Waals surface area contributed by atoms with Gasteiger partial charge in [0, 0.05) is 11.8 Å². The van der Waals surface area contributed by atoms with E-state index in [2.05, 4.69) is 33.9 Å². The number of thioether (sulfide) groups is 1. The number of hydrazine groups is 1. The first-order chi connectivity index (χ1) is 8.22. The standard InChI is InChI=1S/C10H19N5OS/c1-7(17-3)4-5-12-9-8(16-2)10(15-11)14-6-13-9/h6-7H,4-5,11H2,1-3H3,(H2,12,13,14,15). The molecule has 96 valence electrons. The fourth-order valence-electron chi connectivity index (χ4n) is 1.31. The van der Waals surface area contributed by atoms with E-state index in [1.54, 1.807) is 7.11 Å². The van der Waals surface area contributed by atoms with Crippen molar-refractivity contribution < 1.29 is 4.74 Å². The van der Waals surface area contributed by atoms with Gasteiger partial charge in [-0.2, -0.15) is 11.8 Å². The van der Waals surface area contributed by atoms with E-state index in [4.69, 9.17) is 10.6 Å². The van der Waals surface area contributed by atoms with E-state index in [0.717, 1.165) is 13.0 Å². The van der Waals surface area contributed by atoms with Crippen molar-refractivity contribution >= 4 is 23.4 Å². The summed E-state index contributed by atoms with van der Waals surface area (Å²) in [5.41, 5.74) is 2.48. The molecule has 0 amide bonds. The zero-order valence-corrected chi connectivity index (χ0v) is 11.2. The van der Waals surface area contributed by atoms with Gasteiger partial charge in [0.1, 0.15) is 6.33 Å². The number of aromatic nitrogens is 2. The zero-order valence-electron chi connectivity index (χ0n) is 10.4. The van der Waals surface area contributed by atoms with Crippen LogP contribution >= 0.6 is 11.8 Å². The lowest BCUT2D eigenvalue weighted by molar-refractivity contribution is 0.414. The first-order valence-corrected chi connectivity index (χ1v) is 6.64. The number of nitrogen functional groups attached to an aromatic ring is 1. The second kappa shape index (κ2) is 7.18. The van der Waals surface area contributed by atoms with Gasteiger partial charge in [-0.15, -0.1) is 0 Å². The minimum Gasteiger partial charge on any atom is -0.490 e. The second-order valence-corrected chi connectivity index (χ2v) is 4.79. The van der Waals surface area contributed by atoms with Crippen LogP contribution in [-0.4, -0.2) is 35.1 Å². The molecular formula is C10H19N5OS. The van der Waals surface area contributed by atoms with Crippen LogP contribution in [0.1, 0.15) is 13.3 Å². The molecule has 1 heterocycles. The van der Waals surface area contributed by atoms with Gasteiger partial charge in [-0.1, -0.05) is 6.92 Å². The smallest absolute Gasteiger partial charge is 0.205 e. The Labute approximate surface area is 106 Å². The highest BCUT2D eigenvalue weighted by Crippen LogP contribution is 2.28. The Morgan fingerprint density at radius 1 is 1.47 bits per heavy atom. The maximum absolute atomic E-state index is 5.34. The van der Waals surface area contributed by atoms with Gasteiger partial charge in [0.25, 0.3) is 0 Å². The van der Waals surface area contributed by atoms with Gasteiger partial charge in [0.05, 0.1) is 7.11 Å². The Morgan fingerprint density at radius 3 is 2.76 bits per heavy atom. The lowest BCUT2D eigenvalue weighted by atomic mass is 10.3. The number of hydrogen-bond donors (Lipinski definition) is 3. The van der Waals surface area contributed by atoms with Crippen molar-refractivity contribution in [2.45, 2.75) is 18.6 Å². The summed E-state index contributed by atoms with van der Waals surface area (Å²) in [7, 11) is 1.56. The molecule has 1 atom stereocenters. The highest BCUT2D eigenvalue weighted by Gasteiger charge is 2.10. The van der Waals surface area contributed by atoms with Crippen molar-refractivity contribution in [2.24, 2.45) is 5.84 Å². The monoisotopic (exact) mass is 257 g/mol. The summed E-state index contributed by atoms with van der Waals surface area (Å²) < 4.78 is 5.22. The third-order valence-electron chi connectivity index (χ3n) is 2.39. The van der Waals surface area contributed by atoms with Crippen molar-refractivity contribution in [1.82, 2.24) is 9.97 Å². The van der Waals surface area contributed by atoms with E-state index in [1.807, 2.05) is 11.8 Å². The van der Waals surface area contributed by atoms with Crippen molar-refractivity contribution in [1.29, 1.82) is 0 Å². The lowest BCUT2D eigenvalue weighted by Gasteiger charge is -2.13. The van der Waals surface area contributed by atoms with Crippen LogP contribution in [0.3, 0.4) is 0 Å². The molecule has 1 aromatic rings. The van der Waals surface area contributed by atoms with Gasteiger partial charge in [-0.3, -0.25) is 0 Å².